The van der Waals surface area contributed by atoms with Crippen LogP contribution in [-0.4, -0.2) is 13.4 Å². The molecule has 1 aromatic carbocycles. The van der Waals surface area contributed by atoms with Crippen LogP contribution in [0.2, 0.25) is 5.02 Å². The van der Waals surface area contributed by atoms with Gasteiger partial charge in [0.05, 0.1) is 21.8 Å². The standard InChI is InChI=1S/C11H10ClN3O2S/c12-10-5-6-14-7-11(10)15-18(16,17)9-3-1-8(13)2-4-9/h1-7,15H,13H2. The van der Waals surface area contributed by atoms with E-state index in [0.29, 0.717) is 5.69 Å². The molecule has 1 aromatic heterocycles. The molecule has 0 saturated heterocycles. The molecule has 2 aromatic rings. The third-order valence-electron chi connectivity index (χ3n) is 2.20. The van der Waals surface area contributed by atoms with Gasteiger partial charge in [-0.3, -0.25) is 9.71 Å². The van der Waals surface area contributed by atoms with Crippen LogP contribution < -0.4 is 10.5 Å². The van der Waals surface area contributed by atoms with E-state index < -0.39 is 10.0 Å². The number of rotatable bonds is 3. The molecule has 0 aliphatic rings. The van der Waals surface area contributed by atoms with Crippen molar-refractivity contribution in [3.8, 4) is 0 Å². The zero-order valence-electron chi connectivity index (χ0n) is 9.17. The Morgan fingerprint density at radius 3 is 2.44 bits per heavy atom. The third kappa shape index (κ3) is 2.72. The summed E-state index contributed by atoms with van der Waals surface area (Å²) in [4.78, 5) is 3.91. The summed E-state index contributed by atoms with van der Waals surface area (Å²) >= 11 is 5.86. The molecule has 7 heteroatoms. The van der Waals surface area contributed by atoms with Crippen molar-refractivity contribution in [2.24, 2.45) is 0 Å². The van der Waals surface area contributed by atoms with Crippen molar-refractivity contribution in [2.45, 2.75) is 4.90 Å². The SMILES string of the molecule is Nc1ccc(S(=O)(=O)Nc2cnccc2Cl)cc1. The van der Waals surface area contributed by atoms with Crippen molar-refractivity contribution in [1.29, 1.82) is 0 Å². The fraction of sp³-hybridized carbons (Fsp3) is 0. The molecule has 0 amide bonds. The fourth-order valence-electron chi connectivity index (χ4n) is 1.30. The maximum atomic E-state index is 12.0. The molecule has 0 aliphatic carbocycles. The van der Waals surface area contributed by atoms with E-state index in [9.17, 15) is 8.42 Å². The summed E-state index contributed by atoms with van der Waals surface area (Å²) in [6.45, 7) is 0. The number of anilines is 2. The molecular formula is C11H10ClN3O2S. The first-order valence-corrected chi connectivity index (χ1v) is 6.83. The van der Waals surface area contributed by atoms with Gasteiger partial charge in [0.2, 0.25) is 0 Å². The van der Waals surface area contributed by atoms with E-state index in [1.165, 1.54) is 42.7 Å². The molecule has 0 unspecified atom stereocenters. The Morgan fingerprint density at radius 2 is 1.83 bits per heavy atom. The van der Waals surface area contributed by atoms with Crippen molar-refractivity contribution in [1.82, 2.24) is 4.98 Å². The highest BCUT2D eigenvalue weighted by Gasteiger charge is 2.15. The Morgan fingerprint density at radius 1 is 1.17 bits per heavy atom. The lowest BCUT2D eigenvalue weighted by atomic mass is 10.3. The molecular weight excluding hydrogens is 274 g/mol. The molecule has 0 saturated carbocycles. The smallest absolute Gasteiger partial charge is 0.261 e. The Bertz CT molecular complexity index is 656. The summed E-state index contributed by atoms with van der Waals surface area (Å²) in [7, 11) is -3.68. The zero-order valence-corrected chi connectivity index (χ0v) is 10.7. The number of benzene rings is 1. The Kier molecular flexibility index (Phi) is 3.40. The number of nitrogen functional groups attached to an aromatic ring is 1. The van der Waals surface area contributed by atoms with E-state index in [-0.39, 0.29) is 15.6 Å². The highest BCUT2D eigenvalue weighted by atomic mass is 35.5. The molecule has 0 atom stereocenters. The average Bonchev–Trinajstić information content (AvgIpc) is 2.32. The average molecular weight is 284 g/mol. The van der Waals surface area contributed by atoms with Crippen LogP contribution >= 0.6 is 11.6 Å². The molecule has 0 aliphatic heterocycles. The van der Waals surface area contributed by atoms with E-state index in [1.54, 1.807) is 0 Å². The van der Waals surface area contributed by atoms with Crippen molar-refractivity contribution in [3.63, 3.8) is 0 Å². The van der Waals surface area contributed by atoms with Gasteiger partial charge in [-0.2, -0.15) is 0 Å². The van der Waals surface area contributed by atoms with Gasteiger partial charge in [0.25, 0.3) is 10.0 Å². The molecule has 0 fully saturated rings. The summed E-state index contributed by atoms with van der Waals surface area (Å²) in [5, 5.41) is 0.282. The number of pyridine rings is 1. The molecule has 1 heterocycles. The van der Waals surface area contributed by atoms with Gasteiger partial charge >= 0.3 is 0 Å². The predicted octanol–water partition coefficient (Wildman–Crippen LogP) is 2.12. The first-order chi connectivity index (χ1) is 8.49. The molecule has 2 rings (SSSR count). The number of nitrogens with one attached hydrogen (secondary N) is 1. The van der Waals surface area contributed by atoms with Gasteiger partial charge in [0.1, 0.15) is 0 Å². The van der Waals surface area contributed by atoms with Crippen molar-refractivity contribution < 1.29 is 8.42 Å². The number of halogens is 1. The van der Waals surface area contributed by atoms with Crippen LogP contribution in [-0.2, 0) is 10.0 Å². The van der Waals surface area contributed by atoms with E-state index in [2.05, 4.69) is 9.71 Å². The lowest BCUT2D eigenvalue weighted by molar-refractivity contribution is 0.601. The number of nitrogens with two attached hydrogens (primary N) is 1. The van der Waals surface area contributed by atoms with Crippen LogP contribution in [0.15, 0.2) is 47.6 Å². The Hall–Kier alpha value is -1.79. The van der Waals surface area contributed by atoms with Crippen molar-refractivity contribution >= 4 is 33.0 Å². The van der Waals surface area contributed by atoms with Crippen LogP contribution in [0.1, 0.15) is 0 Å². The van der Waals surface area contributed by atoms with Crippen LogP contribution in [0.5, 0.6) is 0 Å². The maximum absolute atomic E-state index is 12.0. The lowest BCUT2D eigenvalue weighted by Crippen LogP contribution is -2.13. The quantitative estimate of drug-likeness (QED) is 0.845. The fourth-order valence-corrected chi connectivity index (χ4v) is 2.58. The van der Waals surface area contributed by atoms with Gasteiger partial charge in [-0.1, -0.05) is 11.6 Å². The number of aromatic nitrogens is 1. The minimum absolute atomic E-state index is 0.108. The highest BCUT2D eigenvalue weighted by Crippen LogP contribution is 2.23. The molecule has 18 heavy (non-hydrogen) atoms. The van der Waals surface area contributed by atoms with E-state index >= 15 is 0 Å². The van der Waals surface area contributed by atoms with Gasteiger partial charge in [-0.05, 0) is 30.3 Å². The molecule has 0 radical (unpaired) electrons. The predicted molar refractivity (Wildman–Crippen MR) is 70.9 cm³/mol. The van der Waals surface area contributed by atoms with E-state index in [4.69, 9.17) is 17.3 Å². The summed E-state index contributed by atoms with van der Waals surface area (Å²) in [5.41, 5.74) is 6.23. The number of nitrogens with zero attached hydrogens (tertiary/aromatic N) is 1. The molecule has 0 spiro atoms. The number of hydrogen-bond donors (Lipinski definition) is 2. The molecule has 0 bridgehead atoms. The second-order valence-corrected chi connectivity index (χ2v) is 5.62. The van der Waals surface area contributed by atoms with Crippen LogP contribution in [0.25, 0.3) is 0 Å². The van der Waals surface area contributed by atoms with Gasteiger partial charge in [-0.25, -0.2) is 8.42 Å². The largest absolute Gasteiger partial charge is 0.399 e. The first kappa shape index (κ1) is 12.7. The monoisotopic (exact) mass is 283 g/mol. The third-order valence-corrected chi connectivity index (χ3v) is 3.91. The highest BCUT2D eigenvalue weighted by molar-refractivity contribution is 7.92. The maximum Gasteiger partial charge on any atom is 0.261 e. The molecule has 5 nitrogen and oxygen atoms in total. The zero-order chi connectivity index (χ0) is 13.2. The number of sulfonamides is 1. The van der Waals surface area contributed by atoms with Gasteiger partial charge in [0, 0.05) is 11.9 Å². The minimum Gasteiger partial charge on any atom is -0.399 e. The van der Waals surface area contributed by atoms with E-state index in [1.807, 2.05) is 0 Å². The Labute approximate surface area is 110 Å². The summed E-state index contributed by atoms with van der Waals surface area (Å²) in [6, 6.07) is 7.37. The van der Waals surface area contributed by atoms with E-state index in [0.717, 1.165) is 0 Å². The second-order valence-electron chi connectivity index (χ2n) is 3.53. The molecule has 94 valence electrons. The summed E-state index contributed by atoms with van der Waals surface area (Å²) < 4.78 is 26.4. The topological polar surface area (TPSA) is 85.1 Å². The lowest BCUT2D eigenvalue weighted by Gasteiger charge is -2.08. The van der Waals surface area contributed by atoms with Crippen molar-refractivity contribution in [2.75, 3.05) is 10.5 Å². The van der Waals surface area contributed by atoms with Gasteiger partial charge in [0.15, 0.2) is 0 Å². The summed E-state index contributed by atoms with van der Waals surface area (Å²) in [5.74, 6) is 0. The van der Waals surface area contributed by atoms with Crippen LogP contribution in [0.3, 0.4) is 0 Å². The minimum atomic E-state index is -3.68. The normalized spacial score (nSPS) is 11.2. The molecule has 3 N–H and O–H groups in total. The number of hydrogen-bond acceptors (Lipinski definition) is 4. The van der Waals surface area contributed by atoms with Crippen LogP contribution in [0, 0.1) is 0 Å². The van der Waals surface area contributed by atoms with Crippen LogP contribution in [0.4, 0.5) is 11.4 Å². The second kappa shape index (κ2) is 4.83. The first-order valence-electron chi connectivity index (χ1n) is 4.97. The van der Waals surface area contributed by atoms with Crippen molar-refractivity contribution in [3.05, 3.63) is 47.7 Å². The van der Waals surface area contributed by atoms with Gasteiger partial charge < -0.3 is 5.73 Å². The Balaban J connectivity index is 2.33. The van der Waals surface area contributed by atoms with Gasteiger partial charge in [-0.15, -0.1) is 0 Å². The summed E-state index contributed by atoms with van der Waals surface area (Å²) in [6.07, 6.45) is 2.82.